The zero-order valence-corrected chi connectivity index (χ0v) is 8.44. The largest absolute Gasteiger partial charge is 0.377 e. The SMILES string of the molecule is CC1(NCC2CCCO2)CCNC1. The molecule has 2 aliphatic heterocycles. The van der Waals surface area contributed by atoms with Crippen molar-refractivity contribution in [1.29, 1.82) is 0 Å². The molecule has 2 atom stereocenters. The Balaban J connectivity index is 1.71. The highest BCUT2D eigenvalue weighted by Gasteiger charge is 2.29. The molecule has 2 unspecified atom stereocenters. The summed E-state index contributed by atoms with van der Waals surface area (Å²) in [6.07, 6.45) is 4.18. The first kappa shape index (κ1) is 9.44. The van der Waals surface area contributed by atoms with Crippen molar-refractivity contribution in [3.63, 3.8) is 0 Å². The van der Waals surface area contributed by atoms with Crippen LogP contribution >= 0.6 is 0 Å². The molecule has 3 heteroatoms. The van der Waals surface area contributed by atoms with Gasteiger partial charge >= 0.3 is 0 Å². The number of nitrogens with one attached hydrogen (secondary N) is 2. The third-order valence-electron chi connectivity index (χ3n) is 3.15. The molecule has 2 saturated heterocycles. The summed E-state index contributed by atoms with van der Waals surface area (Å²) >= 11 is 0. The van der Waals surface area contributed by atoms with Gasteiger partial charge in [-0.15, -0.1) is 0 Å². The molecule has 0 spiro atoms. The zero-order valence-electron chi connectivity index (χ0n) is 8.44. The second-order valence-corrected chi connectivity index (χ2v) is 4.50. The van der Waals surface area contributed by atoms with E-state index in [0.29, 0.717) is 11.6 Å². The first-order valence-electron chi connectivity index (χ1n) is 5.36. The lowest BCUT2D eigenvalue weighted by Crippen LogP contribution is -2.47. The fourth-order valence-electron chi connectivity index (χ4n) is 2.13. The van der Waals surface area contributed by atoms with E-state index >= 15 is 0 Å². The smallest absolute Gasteiger partial charge is 0.0700 e. The minimum Gasteiger partial charge on any atom is -0.377 e. The van der Waals surface area contributed by atoms with Crippen LogP contribution in [0.2, 0.25) is 0 Å². The monoisotopic (exact) mass is 184 g/mol. The predicted molar refractivity (Wildman–Crippen MR) is 52.9 cm³/mol. The number of ether oxygens (including phenoxy) is 1. The zero-order chi connectivity index (χ0) is 9.15. The molecule has 0 radical (unpaired) electrons. The van der Waals surface area contributed by atoms with Gasteiger partial charge in [-0.25, -0.2) is 0 Å². The van der Waals surface area contributed by atoms with Crippen molar-refractivity contribution in [1.82, 2.24) is 10.6 Å². The average Bonchev–Trinajstić information content (AvgIpc) is 2.72. The van der Waals surface area contributed by atoms with Gasteiger partial charge in [0.05, 0.1) is 6.10 Å². The van der Waals surface area contributed by atoms with Crippen LogP contribution in [-0.4, -0.2) is 37.9 Å². The van der Waals surface area contributed by atoms with Gasteiger partial charge in [-0.2, -0.15) is 0 Å². The van der Waals surface area contributed by atoms with E-state index < -0.39 is 0 Å². The van der Waals surface area contributed by atoms with Crippen LogP contribution in [0.15, 0.2) is 0 Å². The van der Waals surface area contributed by atoms with Crippen LogP contribution in [0.1, 0.15) is 26.2 Å². The van der Waals surface area contributed by atoms with Crippen LogP contribution in [0.3, 0.4) is 0 Å². The Morgan fingerprint density at radius 3 is 3.15 bits per heavy atom. The van der Waals surface area contributed by atoms with Crippen molar-refractivity contribution in [3.05, 3.63) is 0 Å². The maximum Gasteiger partial charge on any atom is 0.0700 e. The third kappa shape index (κ3) is 2.42. The standard InChI is InChI=1S/C10H20N2O/c1-10(4-5-11-8-10)12-7-9-3-2-6-13-9/h9,11-12H,2-8H2,1H3. The van der Waals surface area contributed by atoms with Gasteiger partial charge < -0.3 is 15.4 Å². The van der Waals surface area contributed by atoms with Crippen LogP contribution in [0.5, 0.6) is 0 Å². The van der Waals surface area contributed by atoms with Gasteiger partial charge in [-0.1, -0.05) is 0 Å². The quantitative estimate of drug-likeness (QED) is 0.670. The minimum atomic E-state index is 0.311. The van der Waals surface area contributed by atoms with Crippen LogP contribution in [0.25, 0.3) is 0 Å². The first-order chi connectivity index (χ1) is 6.29. The topological polar surface area (TPSA) is 33.3 Å². The first-order valence-corrected chi connectivity index (χ1v) is 5.36. The van der Waals surface area contributed by atoms with Crippen LogP contribution in [0.4, 0.5) is 0 Å². The Hall–Kier alpha value is -0.120. The molecule has 2 N–H and O–H groups in total. The second-order valence-electron chi connectivity index (χ2n) is 4.50. The summed E-state index contributed by atoms with van der Waals surface area (Å²) in [5.74, 6) is 0. The van der Waals surface area contributed by atoms with E-state index in [1.807, 2.05) is 0 Å². The molecule has 0 amide bonds. The van der Waals surface area contributed by atoms with Gasteiger partial charge in [0.1, 0.15) is 0 Å². The van der Waals surface area contributed by atoms with E-state index in [9.17, 15) is 0 Å². The fraction of sp³-hybridized carbons (Fsp3) is 1.00. The maximum atomic E-state index is 5.57. The van der Waals surface area contributed by atoms with Gasteiger partial charge in [0.15, 0.2) is 0 Å². The van der Waals surface area contributed by atoms with Crippen molar-refractivity contribution < 1.29 is 4.74 Å². The van der Waals surface area contributed by atoms with E-state index in [0.717, 1.165) is 26.2 Å². The fourth-order valence-corrected chi connectivity index (χ4v) is 2.13. The molecular formula is C10H20N2O. The average molecular weight is 184 g/mol. The second kappa shape index (κ2) is 3.95. The van der Waals surface area contributed by atoms with Crippen LogP contribution in [0, 0.1) is 0 Å². The van der Waals surface area contributed by atoms with Crippen LogP contribution in [-0.2, 0) is 4.74 Å². The summed E-state index contributed by atoms with van der Waals surface area (Å²) in [7, 11) is 0. The van der Waals surface area contributed by atoms with Crippen molar-refractivity contribution in [2.75, 3.05) is 26.2 Å². The lowest BCUT2D eigenvalue weighted by molar-refractivity contribution is 0.103. The number of hydrogen-bond donors (Lipinski definition) is 2. The summed E-state index contributed by atoms with van der Waals surface area (Å²) in [5, 5.41) is 7.00. The molecule has 0 aromatic carbocycles. The molecular weight excluding hydrogens is 164 g/mol. The Morgan fingerprint density at radius 1 is 1.62 bits per heavy atom. The highest BCUT2D eigenvalue weighted by atomic mass is 16.5. The molecule has 0 aromatic heterocycles. The molecule has 76 valence electrons. The summed E-state index contributed by atoms with van der Waals surface area (Å²) in [4.78, 5) is 0. The van der Waals surface area contributed by atoms with Crippen molar-refractivity contribution in [2.45, 2.75) is 37.8 Å². The Morgan fingerprint density at radius 2 is 2.54 bits per heavy atom. The van der Waals surface area contributed by atoms with Gasteiger partial charge in [0.2, 0.25) is 0 Å². The Labute approximate surface area is 80.2 Å². The van der Waals surface area contributed by atoms with Crippen LogP contribution < -0.4 is 10.6 Å². The van der Waals surface area contributed by atoms with Crippen molar-refractivity contribution >= 4 is 0 Å². The molecule has 0 bridgehead atoms. The van der Waals surface area contributed by atoms with Gasteiger partial charge in [0, 0.05) is 25.2 Å². The van der Waals surface area contributed by atoms with E-state index in [2.05, 4.69) is 17.6 Å². The molecule has 0 aliphatic carbocycles. The highest BCUT2D eigenvalue weighted by molar-refractivity contribution is 4.92. The highest BCUT2D eigenvalue weighted by Crippen LogP contribution is 2.16. The lowest BCUT2D eigenvalue weighted by atomic mass is 10.0. The summed E-state index contributed by atoms with van der Waals surface area (Å²) in [5.41, 5.74) is 0.311. The van der Waals surface area contributed by atoms with E-state index in [1.165, 1.54) is 19.3 Å². The molecule has 2 fully saturated rings. The van der Waals surface area contributed by atoms with Gasteiger partial charge in [-0.3, -0.25) is 0 Å². The van der Waals surface area contributed by atoms with Gasteiger partial charge in [-0.05, 0) is 32.7 Å². The number of hydrogen-bond acceptors (Lipinski definition) is 3. The van der Waals surface area contributed by atoms with Crippen molar-refractivity contribution in [3.8, 4) is 0 Å². The molecule has 0 aromatic rings. The normalized spacial score (nSPS) is 39.9. The third-order valence-corrected chi connectivity index (χ3v) is 3.15. The Bertz CT molecular complexity index is 160. The lowest BCUT2D eigenvalue weighted by Gasteiger charge is -2.26. The Kier molecular flexibility index (Phi) is 2.86. The molecule has 0 saturated carbocycles. The summed E-state index contributed by atoms with van der Waals surface area (Å²) in [6, 6.07) is 0. The molecule has 2 heterocycles. The molecule has 2 aliphatic rings. The number of rotatable bonds is 3. The summed E-state index contributed by atoms with van der Waals surface area (Å²) < 4.78 is 5.57. The van der Waals surface area contributed by atoms with E-state index in [4.69, 9.17) is 4.74 Å². The van der Waals surface area contributed by atoms with Gasteiger partial charge in [0.25, 0.3) is 0 Å². The molecule has 3 nitrogen and oxygen atoms in total. The van der Waals surface area contributed by atoms with Crippen molar-refractivity contribution in [2.24, 2.45) is 0 Å². The van der Waals surface area contributed by atoms with E-state index in [-0.39, 0.29) is 0 Å². The van der Waals surface area contributed by atoms with E-state index in [1.54, 1.807) is 0 Å². The minimum absolute atomic E-state index is 0.311. The molecule has 13 heavy (non-hydrogen) atoms. The summed E-state index contributed by atoms with van der Waals surface area (Å²) in [6.45, 7) is 6.52. The molecule has 2 rings (SSSR count). The maximum absolute atomic E-state index is 5.57. The predicted octanol–water partition coefficient (Wildman–Crippen LogP) is 0.507.